The van der Waals surface area contributed by atoms with Gasteiger partial charge in [0, 0.05) is 12.8 Å². The molecular formula is C65H118NO8+. The van der Waals surface area contributed by atoms with Gasteiger partial charge in [-0.15, -0.1) is 0 Å². The second-order valence-corrected chi connectivity index (χ2v) is 22.0. The average Bonchev–Trinajstić information content (AvgIpc) is 3.37. The molecule has 9 heteroatoms. The van der Waals surface area contributed by atoms with E-state index < -0.39 is 24.3 Å². The molecule has 430 valence electrons. The molecule has 0 heterocycles. The molecule has 0 fully saturated rings. The van der Waals surface area contributed by atoms with E-state index in [-0.39, 0.29) is 32.2 Å². The van der Waals surface area contributed by atoms with Gasteiger partial charge in [0.2, 0.25) is 0 Å². The number of carbonyl (C=O) groups is 3. The van der Waals surface area contributed by atoms with E-state index in [1.165, 1.54) is 180 Å². The van der Waals surface area contributed by atoms with Crippen molar-refractivity contribution < 1.29 is 42.9 Å². The van der Waals surface area contributed by atoms with Gasteiger partial charge in [-0.25, -0.2) is 4.79 Å². The number of likely N-dealkylation sites (N-methyl/N-ethyl adjacent to an activating group) is 1. The van der Waals surface area contributed by atoms with Crippen molar-refractivity contribution in [3.05, 3.63) is 60.8 Å². The molecule has 0 aromatic carbocycles. The normalized spacial score (nSPS) is 13.1. The summed E-state index contributed by atoms with van der Waals surface area (Å²) in [5, 5.41) is 9.66. The van der Waals surface area contributed by atoms with Crippen LogP contribution in [0.2, 0.25) is 0 Å². The van der Waals surface area contributed by atoms with Crippen LogP contribution in [0.5, 0.6) is 0 Å². The van der Waals surface area contributed by atoms with Crippen LogP contribution in [-0.4, -0.2) is 87.4 Å². The van der Waals surface area contributed by atoms with Crippen LogP contribution in [0.25, 0.3) is 0 Å². The largest absolute Gasteiger partial charge is 0.477 e. The molecule has 0 saturated heterocycles. The maximum absolute atomic E-state index is 12.8. The number of esters is 2. The van der Waals surface area contributed by atoms with E-state index in [0.717, 1.165) is 70.6 Å². The lowest BCUT2D eigenvalue weighted by Crippen LogP contribution is -2.40. The van der Waals surface area contributed by atoms with Crippen LogP contribution >= 0.6 is 0 Å². The van der Waals surface area contributed by atoms with Crippen molar-refractivity contribution in [2.45, 2.75) is 289 Å². The fourth-order valence-corrected chi connectivity index (χ4v) is 8.81. The zero-order chi connectivity index (χ0) is 54.1. The molecule has 0 aliphatic carbocycles. The highest BCUT2D eigenvalue weighted by Gasteiger charge is 2.25. The first kappa shape index (κ1) is 71.0. The Hall–Kier alpha value is -3.01. The number of rotatable bonds is 57. The third-order valence-corrected chi connectivity index (χ3v) is 13.5. The summed E-state index contributed by atoms with van der Waals surface area (Å²) in [4.78, 5) is 37.2. The van der Waals surface area contributed by atoms with Crippen LogP contribution in [0.4, 0.5) is 0 Å². The highest BCUT2D eigenvalue weighted by Crippen LogP contribution is 2.17. The zero-order valence-corrected chi connectivity index (χ0v) is 49.0. The lowest BCUT2D eigenvalue weighted by atomic mass is 10.0. The van der Waals surface area contributed by atoms with Gasteiger partial charge in [0.15, 0.2) is 6.10 Å². The molecule has 0 bridgehead atoms. The van der Waals surface area contributed by atoms with Gasteiger partial charge >= 0.3 is 17.9 Å². The lowest BCUT2D eigenvalue weighted by molar-refractivity contribution is -0.870. The maximum Gasteiger partial charge on any atom is 0.361 e. The van der Waals surface area contributed by atoms with E-state index in [1.54, 1.807) is 0 Å². The molecule has 2 unspecified atom stereocenters. The van der Waals surface area contributed by atoms with Crippen LogP contribution in [0.15, 0.2) is 60.8 Å². The molecule has 0 spiro atoms. The molecule has 1 N–H and O–H groups in total. The first-order chi connectivity index (χ1) is 36.1. The molecule has 0 rings (SSSR count). The monoisotopic (exact) mass is 1040 g/mol. The lowest BCUT2D eigenvalue weighted by Gasteiger charge is -2.25. The minimum atomic E-state index is -1.50. The maximum atomic E-state index is 12.8. The minimum Gasteiger partial charge on any atom is -0.477 e. The van der Waals surface area contributed by atoms with E-state index in [4.69, 9.17) is 18.9 Å². The van der Waals surface area contributed by atoms with Crippen molar-refractivity contribution in [1.82, 2.24) is 0 Å². The third kappa shape index (κ3) is 56.7. The van der Waals surface area contributed by atoms with Gasteiger partial charge in [-0.2, -0.15) is 0 Å². The average molecular weight is 1040 g/mol. The Bertz CT molecular complexity index is 1400. The molecule has 0 aliphatic heterocycles. The Morgan fingerprint density at radius 3 is 1.15 bits per heavy atom. The highest BCUT2D eigenvalue weighted by atomic mass is 16.7. The molecule has 0 radical (unpaired) electrons. The molecule has 0 amide bonds. The van der Waals surface area contributed by atoms with Crippen LogP contribution in [0.1, 0.15) is 277 Å². The van der Waals surface area contributed by atoms with E-state index in [2.05, 4.69) is 74.6 Å². The van der Waals surface area contributed by atoms with Gasteiger partial charge in [0.25, 0.3) is 6.29 Å². The SMILES string of the molecule is CC/C=C\C/C=C\C/C=C\C/C=C\C/C=C\CCCCCCCCCCCCCCCCCCCCCCCCCCCC(=O)OC(COC(=O)CCCCCCCCCC)COC(OCC[N+](C)(C)C)C(=O)O. The fourth-order valence-electron chi connectivity index (χ4n) is 8.81. The number of unbranched alkanes of at least 4 members (excludes halogenated alkanes) is 32. The topological polar surface area (TPSA) is 108 Å². The Morgan fingerprint density at radius 2 is 0.770 bits per heavy atom. The van der Waals surface area contributed by atoms with Crippen molar-refractivity contribution in [1.29, 1.82) is 0 Å². The van der Waals surface area contributed by atoms with Gasteiger partial charge in [0.1, 0.15) is 13.2 Å². The summed E-state index contributed by atoms with van der Waals surface area (Å²) in [5.41, 5.74) is 0. The first-order valence-corrected chi connectivity index (χ1v) is 31.0. The van der Waals surface area contributed by atoms with Gasteiger partial charge in [-0.1, -0.05) is 267 Å². The smallest absolute Gasteiger partial charge is 0.361 e. The molecule has 9 nitrogen and oxygen atoms in total. The molecule has 0 aromatic rings. The van der Waals surface area contributed by atoms with Gasteiger partial charge in [-0.3, -0.25) is 9.59 Å². The Labute approximate surface area is 456 Å². The molecule has 74 heavy (non-hydrogen) atoms. The van der Waals surface area contributed by atoms with Crippen LogP contribution in [0, 0.1) is 0 Å². The van der Waals surface area contributed by atoms with Crippen LogP contribution in [-0.2, 0) is 33.3 Å². The Balaban J connectivity index is 3.83. The Morgan fingerprint density at radius 1 is 0.419 bits per heavy atom. The number of nitrogens with zero attached hydrogens (tertiary/aromatic N) is 1. The summed E-state index contributed by atoms with van der Waals surface area (Å²) in [6.45, 7) is 4.75. The second kappa shape index (κ2) is 56.2. The highest BCUT2D eigenvalue weighted by molar-refractivity contribution is 5.71. The zero-order valence-electron chi connectivity index (χ0n) is 49.0. The standard InChI is InChI=1S/C65H117NO8/c1-6-8-10-12-14-16-17-18-19-20-21-22-23-24-25-26-27-28-29-30-31-32-33-34-35-36-37-38-39-40-41-42-43-44-45-46-47-48-50-52-54-56-63(68)74-61(60-73-65(64(69)70)71-58-57-66(3,4)5)59-72-62(67)55-53-51-49-15-13-11-9-7-2/h8,10,14,16,18-19,21-22,24-25,61,65H,6-7,9,11-13,15,17,20,23,26-60H2,1-5H3/p+1/b10-8-,16-14-,19-18-,22-21-,25-24-. The number of hydrogen-bond acceptors (Lipinski definition) is 7. The summed E-state index contributed by atoms with van der Waals surface area (Å²) in [5.74, 6) is -2.00. The molecular weight excluding hydrogens is 923 g/mol. The number of carboxylic acids is 1. The third-order valence-electron chi connectivity index (χ3n) is 13.5. The van der Waals surface area contributed by atoms with E-state index >= 15 is 0 Å². The molecule has 2 atom stereocenters. The van der Waals surface area contributed by atoms with Gasteiger partial charge < -0.3 is 28.5 Å². The summed E-state index contributed by atoms with van der Waals surface area (Å²) in [6.07, 6.45) is 69.4. The van der Waals surface area contributed by atoms with Crippen molar-refractivity contribution in [3.63, 3.8) is 0 Å². The molecule has 0 aliphatic rings. The summed E-state index contributed by atoms with van der Waals surface area (Å²) in [6, 6.07) is 0. The number of ether oxygens (including phenoxy) is 4. The fraction of sp³-hybridized carbons (Fsp3) is 0.800. The summed E-state index contributed by atoms with van der Waals surface area (Å²) >= 11 is 0. The second-order valence-electron chi connectivity index (χ2n) is 22.0. The number of aliphatic carboxylic acids is 1. The molecule has 0 saturated carbocycles. The van der Waals surface area contributed by atoms with Crippen molar-refractivity contribution in [2.75, 3.05) is 47.5 Å². The molecule has 0 aromatic heterocycles. The minimum absolute atomic E-state index is 0.178. The van der Waals surface area contributed by atoms with Crippen molar-refractivity contribution >= 4 is 17.9 Å². The predicted molar refractivity (Wildman–Crippen MR) is 313 cm³/mol. The quantitative estimate of drug-likeness (QED) is 0.0211. The number of carbonyl (C=O) groups excluding carboxylic acids is 2. The Kier molecular flexibility index (Phi) is 53.9. The van der Waals surface area contributed by atoms with E-state index in [9.17, 15) is 19.5 Å². The summed E-state index contributed by atoms with van der Waals surface area (Å²) < 4.78 is 22.8. The van der Waals surface area contributed by atoms with E-state index in [1.807, 2.05) is 21.1 Å². The van der Waals surface area contributed by atoms with E-state index in [0.29, 0.717) is 17.4 Å². The van der Waals surface area contributed by atoms with Crippen LogP contribution < -0.4 is 0 Å². The van der Waals surface area contributed by atoms with Gasteiger partial charge in [-0.05, 0) is 57.8 Å². The van der Waals surface area contributed by atoms with Gasteiger partial charge in [0.05, 0.1) is 34.4 Å². The van der Waals surface area contributed by atoms with Crippen molar-refractivity contribution in [3.8, 4) is 0 Å². The first-order valence-electron chi connectivity index (χ1n) is 31.0. The number of hydrogen-bond donors (Lipinski definition) is 1. The van der Waals surface area contributed by atoms with Crippen LogP contribution in [0.3, 0.4) is 0 Å². The number of quaternary nitrogens is 1. The predicted octanol–water partition coefficient (Wildman–Crippen LogP) is 18.4. The number of allylic oxidation sites excluding steroid dienone is 10. The number of carboxylic acid groups (broad SMARTS) is 1. The summed E-state index contributed by atoms with van der Waals surface area (Å²) in [7, 11) is 5.97. The van der Waals surface area contributed by atoms with Crippen molar-refractivity contribution in [2.24, 2.45) is 0 Å².